The van der Waals surface area contributed by atoms with Crippen molar-refractivity contribution >= 4 is 30.1 Å². The van der Waals surface area contributed by atoms with Gasteiger partial charge in [0.1, 0.15) is 0 Å². The van der Waals surface area contributed by atoms with Gasteiger partial charge in [0.2, 0.25) is 5.82 Å². The molecule has 12 heavy (non-hydrogen) atoms. The van der Waals surface area contributed by atoms with Crippen molar-refractivity contribution in [3.05, 3.63) is 18.2 Å². The van der Waals surface area contributed by atoms with Gasteiger partial charge in [0, 0.05) is 21.2 Å². The Morgan fingerprint density at radius 1 is 1.50 bits per heavy atom. The van der Waals surface area contributed by atoms with Crippen molar-refractivity contribution in [2.24, 2.45) is 0 Å². The Kier molecular flexibility index (Phi) is 4.18. The van der Waals surface area contributed by atoms with Crippen molar-refractivity contribution in [2.45, 2.75) is 0 Å². The number of rotatable bonds is 1. The van der Waals surface area contributed by atoms with E-state index < -0.39 is 0 Å². The highest BCUT2D eigenvalue weighted by Gasteiger charge is 1.91. The first kappa shape index (κ1) is 9.61. The van der Waals surface area contributed by atoms with Crippen LogP contribution in [0.25, 0.3) is 0 Å². The summed E-state index contributed by atoms with van der Waals surface area (Å²) < 4.78 is 4.89. The first-order chi connectivity index (χ1) is 5.86. The molecule has 1 aromatic heterocycles. The molecule has 0 N–H and O–H groups in total. The lowest BCUT2D eigenvalue weighted by molar-refractivity contribution is 0.410. The van der Waals surface area contributed by atoms with Gasteiger partial charge < -0.3 is 4.74 Å². The van der Waals surface area contributed by atoms with Crippen LogP contribution in [0.2, 0.25) is 0 Å². The van der Waals surface area contributed by atoms with Crippen molar-refractivity contribution in [1.82, 2.24) is 9.97 Å². The largest absolute Gasteiger partial charge is 0.494 e. The first-order valence-corrected chi connectivity index (χ1v) is 6.37. The molecule has 0 spiro atoms. The average Bonchev–Trinajstić information content (AvgIpc) is 2.15. The quantitative estimate of drug-likeness (QED) is 0.585. The van der Waals surface area contributed by atoms with E-state index in [9.17, 15) is 0 Å². The van der Waals surface area contributed by atoms with Gasteiger partial charge in [0.25, 0.3) is 0 Å². The van der Waals surface area contributed by atoms with Gasteiger partial charge in [-0.15, -0.1) is 0 Å². The molecule has 0 aliphatic rings. The first-order valence-electron chi connectivity index (χ1n) is 3.01. The molecular weight excluding hydrogens is 287 g/mol. The zero-order valence-electron chi connectivity index (χ0n) is 6.24. The minimum atomic E-state index is 0.514. The fraction of sp³-hybridized carbons (Fsp3) is 0.143. The van der Waals surface area contributed by atoms with Crippen LogP contribution < -0.4 is 4.74 Å². The van der Waals surface area contributed by atoms with Gasteiger partial charge >= 0.3 is 0 Å². The molecule has 0 radical (unpaired) electrons. The third-order valence-corrected chi connectivity index (χ3v) is 1.91. The van der Waals surface area contributed by atoms with Gasteiger partial charge in [0.15, 0.2) is 5.75 Å². The molecule has 0 bridgehead atoms. The molecule has 1 aromatic rings. The van der Waals surface area contributed by atoms with Gasteiger partial charge in [-0.05, 0) is 20.1 Å². The summed E-state index contributed by atoms with van der Waals surface area (Å²) in [5.41, 5.74) is 0. The average molecular weight is 292 g/mol. The number of hydrogen-bond donors (Lipinski definition) is 0. The number of aromatic nitrogens is 2. The molecular formula is C7H5IN2OS. The predicted molar refractivity (Wildman–Crippen MR) is 57.1 cm³/mol. The summed E-state index contributed by atoms with van der Waals surface area (Å²) in [5.74, 6) is 3.93. The molecule has 0 atom stereocenters. The Morgan fingerprint density at radius 2 is 2.17 bits per heavy atom. The molecule has 5 heteroatoms. The number of ether oxygens (including phenoxy) is 1. The molecule has 0 aliphatic carbocycles. The van der Waals surface area contributed by atoms with Gasteiger partial charge in [-0.2, -0.15) is 0 Å². The van der Waals surface area contributed by atoms with E-state index in [4.69, 9.17) is 4.74 Å². The normalized spacial score (nSPS) is 8.50. The number of hydrogen-bond acceptors (Lipinski definition) is 4. The van der Waals surface area contributed by atoms with Gasteiger partial charge in [-0.25, -0.2) is 9.97 Å². The van der Waals surface area contributed by atoms with Crippen molar-refractivity contribution < 1.29 is 4.74 Å². The summed E-state index contributed by atoms with van der Waals surface area (Å²) in [5, 5.41) is 2.79. The Balaban J connectivity index is 2.78. The fourth-order valence-corrected chi connectivity index (χ4v) is 1.01. The van der Waals surface area contributed by atoms with Crippen molar-refractivity contribution in [3.63, 3.8) is 0 Å². The highest BCUT2D eigenvalue weighted by Crippen LogP contribution is 2.08. The maximum absolute atomic E-state index is 4.89. The molecule has 1 heterocycles. The predicted octanol–water partition coefficient (Wildman–Crippen LogP) is 1.88. The smallest absolute Gasteiger partial charge is 0.205 e. The topological polar surface area (TPSA) is 35.0 Å². The standard InChI is InChI=1S/C7H5IN2OS/c1-11-6-4-9-7(10-5-6)2-3-12-8/h4-5H,1H3. The zero-order chi connectivity index (χ0) is 8.81. The third-order valence-electron chi connectivity index (χ3n) is 1.07. The van der Waals surface area contributed by atoms with Crippen LogP contribution in [0.3, 0.4) is 0 Å². The third kappa shape index (κ3) is 2.87. The van der Waals surface area contributed by atoms with E-state index >= 15 is 0 Å². The highest BCUT2D eigenvalue weighted by atomic mass is 127. The maximum atomic E-state index is 4.89. The summed E-state index contributed by atoms with van der Waals surface area (Å²) in [6.45, 7) is 0. The maximum Gasteiger partial charge on any atom is 0.205 e. The monoisotopic (exact) mass is 292 g/mol. The fourth-order valence-electron chi connectivity index (χ4n) is 0.551. The second kappa shape index (κ2) is 5.22. The van der Waals surface area contributed by atoms with Gasteiger partial charge in [-0.3, -0.25) is 0 Å². The van der Waals surface area contributed by atoms with E-state index in [2.05, 4.69) is 42.3 Å². The minimum Gasteiger partial charge on any atom is -0.494 e. The lowest BCUT2D eigenvalue weighted by Crippen LogP contribution is -1.90. The van der Waals surface area contributed by atoms with Crippen molar-refractivity contribution in [1.29, 1.82) is 0 Å². The molecule has 1 rings (SSSR count). The molecule has 3 nitrogen and oxygen atoms in total. The van der Waals surface area contributed by atoms with Crippen LogP contribution >= 0.6 is 30.1 Å². The number of methoxy groups -OCH3 is 1. The lowest BCUT2D eigenvalue weighted by atomic mass is 10.5. The van der Waals surface area contributed by atoms with Crippen LogP contribution in [-0.4, -0.2) is 17.1 Å². The van der Waals surface area contributed by atoms with Gasteiger partial charge in [0.05, 0.1) is 19.5 Å². The molecule has 0 unspecified atom stereocenters. The SMILES string of the molecule is COc1cnc(C#CSI)nc1. The van der Waals surface area contributed by atoms with Crippen LogP contribution in [0.15, 0.2) is 12.4 Å². The molecule has 0 aromatic carbocycles. The van der Waals surface area contributed by atoms with Crippen LogP contribution in [0.1, 0.15) is 5.82 Å². The Morgan fingerprint density at radius 3 is 2.67 bits per heavy atom. The Labute approximate surface area is 86.9 Å². The van der Waals surface area contributed by atoms with Crippen molar-refractivity contribution in [3.8, 4) is 16.9 Å². The van der Waals surface area contributed by atoms with E-state index in [1.807, 2.05) is 0 Å². The summed E-state index contributed by atoms with van der Waals surface area (Å²) in [6, 6.07) is 0. The highest BCUT2D eigenvalue weighted by molar-refractivity contribution is 14.2. The minimum absolute atomic E-state index is 0.514. The second-order valence-corrected chi connectivity index (χ2v) is 3.43. The van der Waals surface area contributed by atoms with Crippen LogP contribution in [-0.2, 0) is 0 Å². The number of halogens is 1. The summed E-state index contributed by atoms with van der Waals surface area (Å²) in [7, 11) is 2.98. The Bertz CT molecular complexity index is 303. The van der Waals surface area contributed by atoms with E-state index in [0.717, 1.165) is 0 Å². The second-order valence-electron chi connectivity index (χ2n) is 1.75. The Hall–Kier alpha value is -0.480. The summed E-state index contributed by atoms with van der Waals surface area (Å²) in [6.07, 6.45) is 3.18. The molecule has 0 saturated carbocycles. The summed E-state index contributed by atoms with van der Waals surface area (Å²) >= 11 is 2.09. The molecule has 0 fully saturated rings. The lowest BCUT2D eigenvalue weighted by Gasteiger charge is -1.95. The molecule has 0 amide bonds. The molecule has 0 saturated heterocycles. The number of nitrogens with zero attached hydrogens (tertiary/aromatic N) is 2. The van der Waals surface area contributed by atoms with E-state index in [-0.39, 0.29) is 0 Å². The van der Waals surface area contributed by atoms with Crippen LogP contribution in [0.5, 0.6) is 5.75 Å². The van der Waals surface area contributed by atoms with E-state index in [1.165, 1.54) is 8.93 Å². The van der Waals surface area contributed by atoms with Crippen LogP contribution in [0, 0.1) is 11.2 Å². The van der Waals surface area contributed by atoms with E-state index in [0.29, 0.717) is 11.6 Å². The zero-order valence-corrected chi connectivity index (χ0v) is 9.22. The molecule has 62 valence electrons. The molecule has 0 aliphatic heterocycles. The van der Waals surface area contributed by atoms with E-state index in [1.54, 1.807) is 19.5 Å². The van der Waals surface area contributed by atoms with Crippen molar-refractivity contribution in [2.75, 3.05) is 7.11 Å². The summed E-state index contributed by atoms with van der Waals surface area (Å²) in [4.78, 5) is 7.92. The van der Waals surface area contributed by atoms with Gasteiger partial charge in [-0.1, -0.05) is 0 Å². The van der Waals surface area contributed by atoms with Crippen LogP contribution in [0.4, 0.5) is 0 Å².